The number of rotatable bonds is 31. The molecule has 34 heteroatoms. The SMILES string of the molecule is CC(C)(C)C(=O)OCc1ccc(O[C@@H]2O[C@H](C(=O)O)[C@@H](O)[C@H](O)[C@H]2O)cc1OCCCNC(=O)CN1C(=O)C=CC1=O.C[C@H](CC(=O)CCCCCN1C(=O)C=CC1=O)C(=O)NCCCCc1cc(O[C@@H]2O[C@H](C(=O)O)[C@@H](O)[C@H](O)[C@H]2O)ccc1COC(=O)C(C)(C)C.O=S(=O)=O. The molecule has 0 unspecified atom stereocenters. The molecular weight excluding hydrogens is 1310 g/mol. The van der Waals surface area contributed by atoms with Crippen LogP contribution in [0.3, 0.4) is 0 Å². The summed E-state index contributed by atoms with van der Waals surface area (Å²) in [4.78, 5) is 133. The van der Waals surface area contributed by atoms with Crippen LogP contribution in [0.15, 0.2) is 60.7 Å². The Bertz CT molecular complexity index is 3280. The molecule has 6 amide bonds. The van der Waals surface area contributed by atoms with E-state index in [1.807, 2.05) is 0 Å². The van der Waals surface area contributed by atoms with Gasteiger partial charge >= 0.3 is 34.5 Å². The van der Waals surface area contributed by atoms with Gasteiger partial charge in [0.25, 0.3) is 23.6 Å². The van der Waals surface area contributed by atoms with E-state index in [0.29, 0.717) is 75.6 Å². The molecule has 97 heavy (non-hydrogen) atoms. The number of ether oxygens (including phenoxy) is 7. The lowest BCUT2D eigenvalue weighted by molar-refractivity contribution is -0.271. The molecule has 0 aliphatic carbocycles. The lowest BCUT2D eigenvalue weighted by Crippen LogP contribution is -2.61. The van der Waals surface area contributed by atoms with Gasteiger partial charge in [-0.05, 0) is 115 Å². The van der Waals surface area contributed by atoms with Gasteiger partial charge in [0.1, 0.15) is 79.4 Å². The number of hydrogen-bond acceptors (Lipinski definition) is 27. The number of carboxylic acid groups (broad SMARTS) is 2. The number of hydrogen-bond donors (Lipinski definition) is 10. The second-order valence-corrected chi connectivity index (χ2v) is 25.2. The maximum Gasteiger partial charge on any atom is 0.425 e. The Morgan fingerprint density at radius 2 is 1.03 bits per heavy atom. The minimum Gasteiger partial charge on any atom is -0.493 e. The fourth-order valence-electron chi connectivity index (χ4n) is 9.25. The Morgan fingerprint density at radius 1 is 0.567 bits per heavy atom. The molecule has 0 radical (unpaired) electrons. The molecule has 2 aromatic rings. The molecular formula is C63H84N4O29S. The van der Waals surface area contributed by atoms with Crippen LogP contribution in [-0.4, -0.2) is 223 Å². The highest BCUT2D eigenvalue weighted by molar-refractivity contribution is 7.59. The van der Waals surface area contributed by atoms with Gasteiger partial charge in [-0.15, -0.1) is 12.6 Å². The first-order valence-electron chi connectivity index (χ1n) is 30.7. The van der Waals surface area contributed by atoms with Crippen molar-refractivity contribution in [1.29, 1.82) is 0 Å². The van der Waals surface area contributed by atoms with Crippen molar-refractivity contribution in [1.82, 2.24) is 20.4 Å². The number of benzene rings is 2. The van der Waals surface area contributed by atoms with Gasteiger partial charge in [0, 0.05) is 74.3 Å². The third-order valence-electron chi connectivity index (χ3n) is 14.8. The molecule has 0 spiro atoms. The van der Waals surface area contributed by atoms with Crippen LogP contribution in [0.4, 0.5) is 0 Å². The molecule has 33 nitrogen and oxygen atoms in total. The van der Waals surface area contributed by atoms with Gasteiger partial charge in [-0.3, -0.25) is 53.0 Å². The third kappa shape index (κ3) is 25.7. The van der Waals surface area contributed by atoms with Crippen LogP contribution in [0.1, 0.15) is 117 Å². The topological polar surface area (TPSA) is 496 Å². The van der Waals surface area contributed by atoms with Gasteiger partial charge in [-0.25, -0.2) is 9.59 Å². The van der Waals surface area contributed by atoms with Crippen LogP contribution in [0.5, 0.6) is 17.2 Å². The fraction of sp³-hybridized carbons (Fsp3) is 0.571. The van der Waals surface area contributed by atoms with Crippen molar-refractivity contribution in [3.05, 3.63) is 77.4 Å². The number of amides is 6. The molecule has 2 fully saturated rings. The number of nitrogens with zero attached hydrogens (tertiary/aromatic N) is 2. The van der Waals surface area contributed by atoms with Crippen molar-refractivity contribution in [3.63, 3.8) is 0 Å². The molecule has 4 heterocycles. The van der Waals surface area contributed by atoms with Gasteiger partial charge in [0.2, 0.25) is 24.4 Å². The Balaban J connectivity index is 0.000000397. The van der Waals surface area contributed by atoms with Crippen molar-refractivity contribution < 1.29 is 139 Å². The van der Waals surface area contributed by atoms with E-state index in [9.17, 15) is 93.6 Å². The van der Waals surface area contributed by atoms with Crippen molar-refractivity contribution in [3.8, 4) is 17.2 Å². The van der Waals surface area contributed by atoms with E-state index in [1.165, 1.54) is 41.3 Å². The smallest absolute Gasteiger partial charge is 0.425 e. The molecule has 0 aromatic heterocycles. The van der Waals surface area contributed by atoms with Gasteiger partial charge in [0.15, 0.2) is 12.2 Å². The number of esters is 2. The summed E-state index contributed by atoms with van der Waals surface area (Å²) >= 11 is 0. The van der Waals surface area contributed by atoms with Crippen LogP contribution in [-0.2, 0) is 102 Å². The lowest BCUT2D eigenvalue weighted by Gasteiger charge is -2.38. The number of Topliss-reactive ketones (excluding diaryl/α,β-unsaturated/α-hetero) is 1. The first kappa shape index (κ1) is 80.8. The summed E-state index contributed by atoms with van der Waals surface area (Å²) in [5.41, 5.74) is 0.348. The Labute approximate surface area is 558 Å². The first-order chi connectivity index (χ1) is 45.4. The second-order valence-electron chi connectivity index (χ2n) is 24.8. The number of aryl methyl sites for hydroxylation is 1. The number of carbonyl (C=O) groups excluding carboxylic acids is 9. The van der Waals surface area contributed by atoms with Crippen LogP contribution in [0, 0.1) is 16.7 Å². The summed E-state index contributed by atoms with van der Waals surface area (Å²) < 4.78 is 63.7. The zero-order chi connectivity index (χ0) is 72.6. The second kappa shape index (κ2) is 37.8. The molecule has 2 aromatic carbocycles. The van der Waals surface area contributed by atoms with Gasteiger partial charge in [-0.2, -0.15) is 0 Å². The van der Waals surface area contributed by atoms with Crippen molar-refractivity contribution in [2.45, 2.75) is 181 Å². The van der Waals surface area contributed by atoms with E-state index in [0.717, 1.165) is 22.6 Å². The van der Waals surface area contributed by atoms with E-state index in [1.54, 1.807) is 60.6 Å². The van der Waals surface area contributed by atoms with Crippen LogP contribution in [0.2, 0.25) is 0 Å². The molecule has 6 rings (SSSR count). The highest BCUT2D eigenvalue weighted by Gasteiger charge is 2.49. The lowest BCUT2D eigenvalue weighted by atomic mass is 9.97. The first-order valence-corrected chi connectivity index (χ1v) is 31.7. The molecule has 2 saturated heterocycles. The Hall–Kier alpha value is -8.61. The average molecular weight is 1390 g/mol. The van der Waals surface area contributed by atoms with E-state index >= 15 is 0 Å². The normalized spacial score (nSPS) is 22.4. The van der Waals surface area contributed by atoms with Gasteiger partial charge in [0.05, 0.1) is 17.4 Å². The third-order valence-corrected chi connectivity index (χ3v) is 14.8. The molecule has 536 valence electrons. The van der Waals surface area contributed by atoms with E-state index in [-0.39, 0.29) is 73.5 Å². The molecule has 0 saturated carbocycles. The summed E-state index contributed by atoms with van der Waals surface area (Å²) in [6.07, 6.45) is -9.02. The number of carbonyl (C=O) groups is 11. The fourth-order valence-corrected chi connectivity index (χ4v) is 9.25. The van der Waals surface area contributed by atoms with Crippen molar-refractivity contribution in [2.75, 3.05) is 32.8 Å². The molecule has 4 aliphatic rings. The van der Waals surface area contributed by atoms with E-state index in [2.05, 4.69) is 10.6 Å². The average Bonchev–Trinajstić information content (AvgIpc) is 1.29. The summed E-state index contributed by atoms with van der Waals surface area (Å²) in [6, 6.07) is 9.11. The zero-order valence-corrected chi connectivity index (χ0v) is 55.2. The van der Waals surface area contributed by atoms with Crippen LogP contribution >= 0.6 is 0 Å². The minimum absolute atomic E-state index is 0.0299. The Kier molecular flexibility index (Phi) is 31.5. The molecule has 4 aliphatic heterocycles. The Morgan fingerprint density at radius 3 is 1.53 bits per heavy atom. The summed E-state index contributed by atoms with van der Waals surface area (Å²) in [5, 5.41) is 84.7. The number of aliphatic hydroxyl groups is 6. The molecule has 11 atom stereocenters. The summed E-state index contributed by atoms with van der Waals surface area (Å²) in [6.45, 7) is 12.2. The zero-order valence-electron chi connectivity index (χ0n) is 54.4. The minimum atomic E-state index is -3.11. The maximum absolute atomic E-state index is 12.6. The molecule has 0 bridgehead atoms. The monoisotopic (exact) mass is 1390 g/mol. The van der Waals surface area contributed by atoms with E-state index in [4.69, 9.17) is 45.8 Å². The number of ketones is 1. The number of unbranched alkanes of at least 4 members (excludes halogenated alkanes) is 3. The standard InChI is InChI=1S/C36H50N2O13.C27H34N2O13.O3S/c1-21(18-24(39)11-6-5-9-17-38-26(40)14-15-27(38)41)32(45)37-16-8-7-10-22-19-25(13-12-23(22)20-49-35(48)36(2,3)4)50-34-30(44)28(42)29(43)31(51-34)33(46)47;1-27(2,3)26(38)40-13-14-5-6-15(41-25-22(35)20(33)21(34)23(42-25)24(36)37)11-16(14)39-10-4-9-28-17(30)12-29-18(31)7-8-19(29)32;1-4(2)3/h12-15,19,21,28-31,34,42-44H,5-11,16-18,20H2,1-4H3,(H,37,45)(H,46,47);5-8,11,20-23,25,33-35H,4,9-10,12-13H2,1-3H3,(H,28,30)(H,36,37);/t21-,28+,29+,30-,31+,34-;20-,21-,22+,23-,25+;/m10./s1. The summed E-state index contributed by atoms with van der Waals surface area (Å²) in [5.74, 6) is -6.70. The quantitative estimate of drug-likeness (QED) is 0.0256. The number of carboxylic acids is 2. The number of imide groups is 2. The largest absolute Gasteiger partial charge is 0.493 e. The number of aliphatic hydroxyl groups excluding tert-OH is 6. The van der Waals surface area contributed by atoms with Gasteiger partial charge < -0.3 is 84.6 Å². The molecule has 10 N–H and O–H groups in total. The predicted octanol–water partition coefficient (Wildman–Crippen LogP) is -0.581. The predicted molar refractivity (Wildman–Crippen MR) is 329 cm³/mol. The summed E-state index contributed by atoms with van der Waals surface area (Å²) in [7, 11) is -3.11. The highest BCUT2D eigenvalue weighted by Crippen LogP contribution is 2.32. The maximum atomic E-state index is 12.6. The van der Waals surface area contributed by atoms with Crippen molar-refractivity contribution in [2.24, 2.45) is 16.7 Å². The van der Waals surface area contributed by atoms with Gasteiger partial charge in [-0.1, -0.05) is 19.4 Å². The van der Waals surface area contributed by atoms with Crippen molar-refractivity contribution >= 4 is 75.7 Å². The highest BCUT2D eigenvalue weighted by atomic mass is 32.2. The van der Waals surface area contributed by atoms with Crippen LogP contribution in [0.25, 0.3) is 0 Å². The van der Waals surface area contributed by atoms with Crippen LogP contribution < -0.4 is 24.8 Å². The van der Waals surface area contributed by atoms with E-state index < -0.39 is 137 Å². The number of nitrogens with one attached hydrogen (secondary N) is 2. The number of aliphatic carboxylic acids is 2.